The van der Waals surface area contributed by atoms with Gasteiger partial charge in [0.1, 0.15) is 34.5 Å². The first kappa shape index (κ1) is 26.4. The second kappa shape index (κ2) is 11.3. The molecule has 0 saturated carbocycles. The second-order valence-corrected chi connectivity index (χ2v) is 10.2. The van der Waals surface area contributed by atoms with Gasteiger partial charge in [0.15, 0.2) is 0 Å². The van der Waals surface area contributed by atoms with Crippen LogP contribution in [0.4, 0.5) is 0 Å². The molecule has 0 amide bonds. The number of hydrogen-bond acceptors (Lipinski definition) is 7. The van der Waals surface area contributed by atoms with Crippen LogP contribution < -0.4 is 19.9 Å². The minimum atomic E-state index is -0.626. The lowest BCUT2D eigenvalue weighted by molar-refractivity contribution is 0.0702. The van der Waals surface area contributed by atoms with Crippen molar-refractivity contribution >= 4 is 32.9 Å². The average molecular weight is 587 g/mol. The molecule has 198 valence electrons. The number of carbonyl (C=O) groups excluding carboxylic acids is 1. The molecule has 0 saturated heterocycles. The van der Waals surface area contributed by atoms with Gasteiger partial charge >= 0.3 is 5.97 Å². The summed E-state index contributed by atoms with van der Waals surface area (Å²) in [6.07, 6.45) is 3.11. The smallest absolute Gasteiger partial charge is 0.379 e. The molecule has 0 fully saturated rings. The van der Waals surface area contributed by atoms with Crippen LogP contribution in [0.1, 0.15) is 59.3 Å². The first-order chi connectivity index (χ1) is 18.9. The number of nitrogens with zero attached hydrogens (tertiary/aromatic N) is 1. The van der Waals surface area contributed by atoms with E-state index in [4.69, 9.17) is 24.4 Å². The van der Waals surface area contributed by atoms with Crippen LogP contribution in [0.15, 0.2) is 81.0 Å². The quantitative estimate of drug-likeness (QED) is 0.129. The van der Waals surface area contributed by atoms with Crippen molar-refractivity contribution < 1.29 is 23.4 Å². The number of fused-ring (bicyclic) bond motifs is 2. The summed E-state index contributed by atoms with van der Waals surface area (Å²) in [6.45, 7) is 4.53. The number of nitriles is 1. The molecule has 0 spiro atoms. The highest BCUT2D eigenvalue weighted by atomic mass is 79.9. The Morgan fingerprint density at radius 1 is 1.10 bits per heavy atom. The molecule has 1 aliphatic heterocycles. The zero-order chi connectivity index (χ0) is 27.5. The minimum absolute atomic E-state index is 0.00188. The number of rotatable bonds is 8. The van der Waals surface area contributed by atoms with E-state index in [2.05, 4.69) is 28.9 Å². The number of nitrogens with two attached hydrogens (primary N) is 1. The first-order valence-corrected chi connectivity index (χ1v) is 13.5. The number of unbranched alkanes of at least 4 members (excludes halogenated alkanes) is 2. The largest absolute Gasteiger partial charge is 0.493 e. The predicted octanol–water partition coefficient (Wildman–Crippen LogP) is 7.51. The molecule has 0 radical (unpaired) electrons. The second-order valence-electron chi connectivity index (χ2n) is 9.30. The van der Waals surface area contributed by atoms with E-state index >= 15 is 0 Å². The number of esters is 1. The Bertz CT molecular complexity index is 1630. The monoisotopic (exact) mass is 586 g/mol. The van der Waals surface area contributed by atoms with Crippen LogP contribution in [0, 0.1) is 18.3 Å². The van der Waals surface area contributed by atoms with Gasteiger partial charge in [-0.15, -0.1) is 0 Å². The summed E-state index contributed by atoms with van der Waals surface area (Å²) >= 11 is 3.45. The van der Waals surface area contributed by atoms with Crippen molar-refractivity contribution in [2.24, 2.45) is 5.73 Å². The van der Waals surface area contributed by atoms with Crippen molar-refractivity contribution in [2.75, 3.05) is 6.61 Å². The van der Waals surface area contributed by atoms with Crippen LogP contribution in [-0.2, 0) is 0 Å². The summed E-state index contributed by atoms with van der Waals surface area (Å²) in [5.41, 5.74) is 9.31. The van der Waals surface area contributed by atoms with Crippen LogP contribution in [-0.4, -0.2) is 12.6 Å². The summed E-state index contributed by atoms with van der Waals surface area (Å²) in [7, 11) is 0. The summed E-state index contributed by atoms with van der Waals surface area (Å²) in [5, 5.41) is 10.8. The molecule has 4 aromatic rings. The average Bonchev–Trinajstić information content (AvgIpc) is 3.26. The molecule has 2 heterocycles. The lowest BCUT2D eigenvalue weighted by Gasteiger charge is -2.28. The Hall–Kier alpha value is -4.22. The third-order valence-electron chi connectivity index (χ3n) is 6.72. The Morgan fingerprint density at radius 3 is 2.72 bits per heavy atom. The molecule has 5 rings (SSSR count). The van der Waals surface area contributed by atoms with Crippen molar-refractivity contribution in [3.05, 3.63) is 99.0 Å². The molecule has 7 nitrogen and oxygen atoms in total. The number of allylic oxidation sites excluding steroid dienone is 1. The summed E-state index contributed by atoms with van der Waals surface area (Å²) < 4.78 is 24.3. The standard InChI is InChI=1S/C31H27BrN2O5/c1-3-4-7-14-36-25-9-6-5-8-21(25)28-22-12-11-20(16-27(22)39-30(34)24(28)17-33)37-31(35)29-18(2)23-15-19(32)10-13-26(23)38-29/h5-6,8-13,15-16,28H,3-4,7,14,34H2,1-2H3. The fourth-order valence-electron chi connectivity index (χ4n) is 4.74. The van der Waals surface area contributed by atoms with Crippen LogP contribution in [0.5, 0.6) is 17.2 Å². The van der Waals surface area contributed by atoms with Gasteiger partial charge in [0, 0.05) is 32.6 Å². The summed E-state index contributed by atoms with van der Waals surface area (Å²) in [6, 6.07) is 20.4. The van der Waals surface area contributed by atoms with E-state index in [1.54, 1.807) is 24.3 Å². The Balaban J connectivity index is 1.46. The number of hydrogen-bond donors (Lipinski definition) is 1. The van der Waals surface area contributed by atoms with Gasteiger partial charge in [-0.3, -0.25) is 0 Å². The number of ether oxygens (including phenoxy) is 3. The molecule has 8 heteroatoms. The number of benzene rings is 3. The van der Waals surface area contributed by atoms with Gasteiger partial charge < -0.3 is 24.4 Å². The van der Waals surface area contributed by atoms with E-state index in [-0.39, 0.29) is 17.4 Å². The van der Waals surface area contributed by atoms with Gasteiger partial charge in [0.25, 0.3) is 0 Å². The van der Waals surface area contributed by atoms with E-state index in [0.29, 0.717) is 34.8 Å². The van der Waals surface area contributed by atoms with E-state index in [1.807, 2.05) is 43.3 Å². The van der Waals surface area contributed by atoms with Gasteiger partial charge in [-0.05, 0) is 43.7 Å². The van der Waals surface area contributed by atoms with Gasteiger partial charge in [0.2, 0.25) is 11.6 Å². The van der Waals surface area contributed by atoms with E-state index < -0.39 is 11.9 Å². The molecule has 2 N–H and O–H groups in total. The summed E-state index contributed by atoms with van der Waals surface area (Å²) in [5.74, 6) is 0.345. The number of aryl methyl sites for hydroxylation is 1. The minimum Gasteiger partial charge on any atom is -0.493 e. The van der Waals surface area contributed by atoms with E-state index in [1.165, 1.54) is 0 Å². The summed E-state index contributed by atoms with van der Waals surface area (Å²) in [4.78, 5) is 13.0. The first-order valence-electron chi connectivity index (χ1n) is 12.7. The maximum atomic E-state index is 13.0. The molecule has 3 aromatic carbocycles. The van der Waals surface area contributed by atoms with Crippen LogP contribution >= 0.6 is 15.9 Å². The third kappa shape index (κ3) is 5.23. The molecular weight excluding hydrogens is 560 g/mol. The molecule has 39 heavy (non-hydrogen) atoms. The van der Waals surface area contributed by atoms with Gasteiger partial charge in [-0.1, -0.05) is 60.0 Å². The highest BCUT2D eigenvalue weighted by Gasteiger charge is 2.33. The number of furan rings is 1. The highest BCUT2D eigenvalue weighted by Crippen LogP contribution is 2.46. The third-order valence-corrected chi connectivity index (χ3v) is 7.21. The zero-order valence-electron chi connectivity index (χ0n) is 21.6. The molecule has 1 unspecified atom stereocenters. The molecular formula is C31H27BrN2O5. The number of halogens is 1. The van der Waals surface area contributed by atoms with Crippen LogP contribution in [0.25, 0.3) is 11.0 Å². The molecule has 0 aliphatic carbocycles. The Labute approximate surface area is 234 Å². The maximum absolute atomic E-state index is 13.0. The Kier molecular flexibility index (Phi) is 7.62. The normalized spacial score (nSPS) is 14.5. The number of para-hydroxylation sites is 1. The maximum Gasteiger partial charge on any atom is 0.379 e. The highest BCUT2D eigenvalue weighted by molar-refractivity contribution is 9.10. The zero-order valence-corrected chi connectivity index (χ0v) is 23.2. The van der Waals surface area contributed by atoms with Gasteiger partial charge in [-0.25, -0.2) is 4.79 Å². The van der Waals surface area contributed by atoms with Crippen molar-refractivity contribution in [3.8, 4) is 23.3 Å². The fraction of sp³-hybridized carbons (Fsp3) is 0.226. The van der Waals surface area contributed by atoms with Crippen LogP contribution in [0.2, 0.25) is 0 Å². The van der Waals surface area contributed by atoms with Crippen molar-refractivity contribution in [1.29, 1.82) is 5.26 Å². The van der Waals surface area contributed by atoms with E-state index in [9.17, 15) is 10.1 Å². The predicted molar refractivity (Wildman–Crippen MR) is 151 cm³/mol. The molecule has 0 bridgehead atoms. The SMILES string of the molecule is CCCCCOc1ccccc1C1C(C#N)=C(N)Oc2cc(OC(=O)c3oc4ccc(Br)cc4c3C)ccc21. The fourth-order valence-corrected chi connectivity index (χ4v) is 5.11. The lowest BCUT2D eigenvalue weighted by Crippen LogP contribution is -2.21. The Morgan fingerprint density at radius 2 is 1.92 bits per heavy atom. The molecule has 1 atom stereocenters. The van der Waals surface area contributed by atoms with Crippen molar-refractivity contribution in [2.45, 2.75) is 39.0 Å². The van der Waals surface area contributed by atoms with Crippen LogP contribution in [0.3, 0.4) is 0 Å². The van der Waals surface area contributed by atoms with Crippen molar-refractivity contribution in [1.82, 2.24) is 0 Å². The lowest BCUT2D eigenvalue weighted by atomic mass is 9.83. The van der Waals surface area contributed by atoms with E-state index in [0.717, 1.165) is 40.2 Å². The molecule has 1 aliphatic rings. The van der Waals surface area contributed by atoms with Crippen molar-refractivity contribution in [3.63, 3.8) is 0 Å². The van der Waals surface area contributed by atoms with Gasteiger partial charge in [-0.2, -0.15) is 5.26 Å². The number of carbonyl (C=O) groups is 1. The topological polar surface area (TPSA) is 108 Å². The molecule has 1 aromatic heterocycles. The van der Waals surface area contributed by atoms with Gasteiger partial charge in [0.05, 0.1) is 12.5 Å².